The van der Waals surface area contributed by atoms with Gasteiger partial charge in [-0.15, -0.1) is 11.3 Å². The lowest BCUT2D eigenvalue weighted by molar-refractivity contribution is -0.146. The van der Waals surface area contributed by atoms with Crippen molar-refractivity contribution in [3.63, 3.8) is 0 Å². The van der Waals surface area contributed by atoms with E-state index < -0.39 is 12.0 Å². The highest BCUT2D eigenvalue weighted by molar-refractivity contribution is 7.11. The fourth-order valence-corrected chi connectivity index (χ4v) is 2.60. The van der Waals surface area contributed by atoms with E-state index in [2.05, 4.69) is 10.3 Å². The maximum absolute atomic E-state index is 11.3. The smallest absolute Gasteiger partial charge is 0.322 e. The second-order valence-corrected chi connectivity index (χ2v) is 5.23. The third kappa shape index (κ3) is 2.80. The van der Waals surface area contributed by atoms with Crippen molar-refractivity contribution in [2.75, 3.05) is 13.1 Å². The fraction of sp³-hybridized carbons (Fsp3) is 0.500. The minimum atomic E-state index is -0.911. The number of hydrogen-bond donors (Lipinski definition) is 2. The van der Waals surface area contributed by atoms with E-state index in [4.69, 9.17) is 5.11 Å². The molecule has 17 heavy (non-hydrogen) atoms. The molecule has 1 amide bonds. The van der Waals surface area contributed by atoms with Crippen molar-refractivity contribution in [3.05, 3.63) is 16.1 Å². The molecule has 2 rings (SSSR count). The molecule has 1 atom stereocenters. The molecule has 0 aromatic carbocycles. The third-order valence-electron chi connectivity index (χ3n) is 2.59. The van der Waals surface area contributed by atoms with E-state index in [0.29, 0.717) is 6.54 Å². The van der Waals surface area contributed by atoms with Crippen LogP contribution in [-0.2, 0) is 16.1 Å². The molecule has 0 spiro atoms. The Bertz CT molecular complexity index is 446. The molecule has 0 bridgehead atoms. The Balaban J connectivity index is 2.09. The molecule has 7 heteroatoms. The maximum Gasteiger partial charge on any atom is 0.322 e. The normalized spacial score (nSPS) is 21.2. The van der Waals surface area contributed by atoms with Crippen LogP contribution in [0.2, 0.25) is 0 Å². The molecule has 0 radical (unpaired) electrons. The zero-order valence-corrected chi connectivity index (χ0v) is 10.2. The summed E-state index contributed by atoms with van der Waals surface area (Å²) in [5.41, 5.74) is 0. The van der Waals surface area contributed by atoms with Crippen LogP contribution in [0.1, 0.15) is 9.88 Å². The Kier molecular flexibility index (Phi) is 3.39. The summed E-state index contributed by atoms with van der Waals surface area (Å²) in [4.78, 5) is 29.1. The molecule has 1 unspecified atom stereocenters. The number of aromatic nitrogens is 1. The van der Waals surface area contributed by atoms with E-state index in [1.807, 2.05) is 6.92 Å². The van der Waals surface area contributed by atoms with Crippen LogP contribution in [0.25, 0.3) is 0 Å². The summed E-state index contributed by atoms with van der Waals surface area (Å²) in [6.07, 6.45) is 1.73. The molecule has 1 fully saturated rings. The standard InChI is InChI=1S/C10H13N3O3S/c1-6-11-2-7(17-6)4-13-5-9(14)12-3-8(13)10(15)16/h2,8H,3-5H2,1H3,(H,12,14)(H,15,16). The minimum absolute atomic E-state index is 0.119. The minimum Gasteiger partial charge on any atom is -0.480 e. The number of thiazole rings is 1. The predicted molar refractivity (Wildman–Crippen MR) is 61.7 cm³/mol. The summed E-state index contributed by atoms with van der Waals surface area (Å²) in [5.74, 6) is -1.05. The summed E-state index contributed by atoms with van der Waals surface area (Å²) < 4.78 is 0. The van der Waals surface area contributed by atoms with Crippen LogP contribution < -0.4 is 5.32 Å². The Morgan fingerprint density at radius 2 is 2.53 bits per heavy atom. The average molecular weight is 255 g/mol. The van der Waals surface area contributed by atoms with E-state index in [9.17, 15) is 9.59 Å². The van der Waals surface area contributed by atoms with Gasteiger partial charge in [-0.2, -0.15) is 0 Å². The van der Waals surface area contributed by atoms with Crippen molar-refractivity contribution >= 4 is 23.2 Å². The first-order valence-corrected chi connectivity index (χ1v) is 6.03. The van der Waals surface area contributed by atoms with Gasteiger partial charge in [0.05, 0.1) is 11.6 Å². The number of aliphatic carboxylic acids is 1. The van der Waals surface area contributed by atoms with Crippen LogP contribution in [0.5, 0.6) is 0 Å². The molecule has 1 aromatic heterocycles. The highest BCUT2D eigenvalue weighted by Crippen LogP contribution is 2.16. The SMILES string of the molecule is Cc1ncc(CN2CC(=O)NCC2C(=O)O)s1. The van der Waals surface area contributed by atoms with Crippen molar-refractivity contribution in [1.29, 1.82) is 0 Å². The van der Waals surface area contributed by atoms with Gasteiger partial charge in [-0.1, -0.05) is 0 Å². The molecule has 2 heterocycles. The highest BCUT2D eigenvalue weighted by atomic mass is 32.1. The van der Waals surface area contributed by atoms with Crippen LogP contribution in [0.15, 0.2) is 6.20 Å². The molecular weight excluding hydrogens is 242 g/mol. The van der Waals surface area contributed by atoms with E-state index in [1.54, 1.807) is 11.1 Å². The van der Waals surface area contributed by atoms with Gasteiger partial charge in [0.15, 0.2) is 0 Å². The van der Waals surface area contributed by atoms with Gasteiger partial charge in [-0.25, -0.2) is 4.98 Å². The quantitative estimate of drug-likeness (QED) is 0.784. The first kappa shape index (κ1) is 12.0. The summed E-state index contributed by atoms with van der Waals surface area (Å²) in [6.45, 7) is 2.63. The molecule has 1 aliphatic heterocycles. The van der Waals surface area contributed by atoms with Crippen LogP contribution in [0.4, 0.5) is 0 Å². The Morgan fingerprint density at radius 3 is 3.12 bits per heavy atom. The van der Waals surface area contributed by atoms with E-state index >= 15 is 0 Å². The van der Waals surface area contributed by atoms with Gasteiger partial charge in [0, 0.05) is 24.2 Å². The number of carboxylic acids is 1. The van der Waals surface area contributed by atoms with Crippen molar-refractivity contribution in [1.82, 2.24) is 15.2 Å². The number of carbonyl (C=O) groups excluding carboxylic acids is 1. The van der Waals surface area contributed by atoms with E-state index in [1.165, 1.54) is 11.3 Å². The lowest BCUT2D eigenvalue weighted by atomic mass is 10.2. The molecule has 92 valence electrons. The number of carbonyl (C=O) groups is 2. The molecule has 2 N–H and O–H groups in total. The van der Waals surface area contributed by atoms with Crippen molar-refractivity contribution in [3.8, 4) is 0 Å². The van der Waals surface area contributed by atoms with E-state index in [-0.39, 0.29) is 19.0 Å². The first-order valence-electron chi connectivity index (χ1n) is 5.21. The maximum atomic E-state index is 11.3. The lowest BCUT2D eigenvalue weighted by Gasteiger charge is -2.32. The number of carboxylic acid groups (broad SMARTS) is 1. The van der Waals surface area contributed by atoms with Gasteiger partial charge in [-0.3, -0.25) is 14.5 Å². The lowest BCUT2D eigenvalue weighted by Crippen LogP contribution is -2.56. The second kappa shape index (κ2) is 4.80. The van der Waals surface area contributed by atoms with Crippen molar-refractivity contribution < 1.29 is 14.7 Å². The van der Waals surface area contributed by atoms with Crippen LogP contribution in [-0.4, -0.2) is 46.0 Å². The van der Waals surface area contributed by atoms with Gasteiger partial charge in [-0.05, 0) is 6.92 Å². The number of nitrogens with zero attached hydrogens (tertiary/aromatic N) is 2. The van der Waals surface area contributed by atoms with Crippen LogP contribution >= 0.6 is 11.3 Å². The number of aryl methyl sites for hydroxylation is 1. The van der Waals surface area contributed by atoms with Gasteiger partial charge in [0.25, 0.3) is 0 Å². The van der Waals surface area contributed by atoms with E-state index in [0.717, 1.165) is 9.88 Å². The Labute approximate surface area is 102 Å². The molecule has 6 nitrogen and oxygen atoms in total. The second-order valence-electron chi connectivity index (χ2n) is 3.91. The summed E-state index contributed by atoms with van der Waals surface area (Å²) >= 11 is 1.52. The van der Waals surface area contributed by atoms with Crippen LogP contribution in [0, 0.1) is 6.92 Å². The van der Waals surface area contributed by atoms with Crippen LogP contribution in [0.3, 0.4) is 0 Å². The Hall–Kier alpha value is -1.47. The molecule has 0 aliphatic carbocycles. The van der Waals surface area contributed by atoms with Gasteiger partial charge in [0.1, 0.15) is 6.04 Å². The molecule has 1 saturated heterocycles. The molecule has 0 saturated carbocycles. The van der Waals surface area contributed by atoms with Gasteiger partial charge < -0.3 is 10.4 Å². The molecule has 1 aromatic rings. The number of amides is 1. The van der Waals surface area contributed by atoms with Crippen molar-refractivity contribution in [2.45, 2.75) is 19.5 Å². The number of rotatable bonds is 3. The van der Waals surface area contributed by atoms with Crippen molar-refractivity contribution in [2.24, 2.45) is 0 Å². The molecule has 1 aliphatic rings. The Morgan fingerprint density at radius 1 is 1.76 bits per heavy atom. The number of nitrogens with one attached hydrogen (secondary N) is 1. The largest absolute Gasteiger partial charge is 0.480 e. The summed E-state index contributed by atoms with van der Waals surface area (Å²) in [5, 5.41) is 12.6. The average Bonchev–Trinajstić information content (AvgIpc) is 2.63. The zero-order valence-electron chi connectivity index (χ0n) is 9.34. The number of piperazine rings is 1. The highest BCUT2D eigenvalue weighted by Gasteiger charge is 2.31. The summed E-state index contributed by atoms with van der Waals surface area (Å²) in [6, 6.07) is -0.657. The topological polar surface area (TPSA) is 82.5 Å². The third-order valence-corrected chi connectivity index (χ3v) is 3.49. The van der Waals surface area contributed by atoms with Gasteiger partial charge >= 0.3 is 5.97 Å². The predicted octanol–water partition coefficient (Wildman–Crippen LogP) is -0.163. The summed E-state index contributed by atoms with van der Waals surface area (Å²) in [7, 11) is 0. The first-order chi connectivity index (χ1) is 8.06. The molecular formula is C10H13N3O3S. The zero-order chi connectivity index (χ0) is 12.4. The van der Waals surface area contributed by atoms with Gasteiger partial charge in [0.2, 0.25) is 5.91 Å². The monoisotopic (exact) mass is 255 g/mol. The fourth-order valence-electron chi connectivity index (χ4n) is 1.78. The number of hydrogen-bond acceptors (Lipinski definition) is 5.